The van der Waals surface area contributed by atoms with Crippen LogP contribution in [0.1, 0.15) is 36.8 Å². The maximum Gasteiger partial charge on any atom is 0.247 e. The summed E-state index contributed by atoms with van der Waals surface area (Å²) in [5.74, 6) is -0.229. The molecule has 0 spiro atoms. The van der Waals surface area contributed by atoms with Crippen LogP contribution in [-0.2, 0) is 16.1 Å². The number of carbonyl (C=O) groups excluding carboxylic acids is 2. The van der Waals surface area contributed by atoms with Crippen molar-refractivity contribution in [3.05, 3.63) is 71.6 Å². The van der Waals surface area contributed by atoms with Gasteiger partial charge >= 0.3 is 0 Å². The molecular formula is C23H23FN2O2. The molecule has 4 nitrogen and oxygen atoms in total. The summed E-state index contributed by atoms with van der Waals surface area (Å²) < 4.78 is 14.0. The van der Waals surface area contributed by atoms with E-state index in [1.807, 2.05) is 24.3 Å². The van der Waals surface area contributed by atoms with Crippen molar-refractivity contribution in [2.24, 2.45) is 0 Å². The second kappa shape index (κ2) is 7.97. The molecule has 0 atom stereocenters. The molecule has 4 rings (SSSR count). The molecule has 5 heteroatoms. The normalized spacial score (nSPS) is 16.8. The molecule has 2 amide bonds. The van der Waals surface area contributed by atoms with Crippen molar-refractivity contribution < 1.29 is 14.0 Å². The Morgan fingerprint density at radius 3 is 2.54 bits per heavy atom. The van der Waals surface area contributed by atoms with Crippen LogP contribution in [0.25, 0.3) is 6.08 Å². The fourth-order valence-electron chi connectivity index (χ4n) is 3.53. The lowest BCUT2D eigenvalue weighted by molar-refractivity contribution is -0.127. The zero-order chi connectivity index (χ0) is 19.5. The highest BCUT2D eigenvalue weighted by Gasteiger charge is 2.32. The molecule has 1 saturated carbocycles. The SMILES string of the molecule is O=C1CCCN1c1ccc(/C=C/C(=O)N(Cc2ccccc2F)C2CC2)cc1. The highest BCUT2D eigenvalue weighted by Crippen LogP contribution is 2.29. The van der Waals surface area contributed by atoms with Crippen LogP contribution in [0.5, 0.6) is 0 Å². The predicted molar refractivity (Wildman–Crippen MR) is 107 cm³/mol. The highest BCUT2D eigenvalue weighted by atomic mass is 19.1. The van der Waals surface area contributed by atoms with E-state index in [1.165, 1.54) is 6.07 Å². The van der Waals surface area contributed by atoms with Crippen molar-refractivity contribution >= 4 is 23.6 Å². The van der Waals surface area contributed by atoms with Crippen LogP contribution in [0.4, 0.5) is 10.1 Å². The lowest BCUT2D eigenvalue weighted by Crippen LogP contribution is -2.31. The van der Waals surface area contributed by atoms with Gasteiger partial charge in [-0.15, -0.1) is 0 Å². The van der Waals surface area contributed by atoms with E-state index in [-0.39, 0.29) is 30.2 Å². The fraction of sp³-hybridized carbons (Fsp3) is 0.304. The van der Waals surface area contributed by atoms with Gasteiger partial charge < -0.3 is 9.80 Å². The Balaban J connectivity index is 1.43. The first-order valence-electron chi connectivity index (χ1n) is 9.74. The number of carbonyl (C=O) groups is 2. The molecule has 0 radical (unpaired) electrons. The molecule has 144 valence electrons. The van der Waals surface area contributed by atoms with Gasteiger partial charge in [0.25, 0.3) is 0 Å². The summed E-state index contributed by atoms with van der Waals surface area (Å²) in [6.07, 6.45) is 6.76. The summed E-state index contributed by atoms with van der Waals surface area (Å²) in [6.45, 7) is 1.05. The van der Waals surface area contributed by atoms with Crippen LogP contribution in [0.3, 0.4) is 0 Å². The standard InChI is InChI=1S/C23H23FN2O2/c24-21-5-2-1-4-18(21)16-26(20-12-13-20)23(28)14-9-17-7-10-19(11-8-17)25-15-3-6-22(25)27/h1-2,4-5,7-11,14,20H,3,6,12-13,15-16H2/b14-9+. The van der Waals surface area contributed by atoms with Gasteiger partial charge in [0.1, 0.15) is 5.82 Å². The van der Waals surface area contributed by atoms with Gasteiger partial charge in [0.05, 0.1) is 0 Å². The van der Waals surface area contributed by atoms with Crippen LogP contribution >= 0.6 is 0 Å². The zero-order valence-corrected chi connectivity index (χ0v) is 15.7. The van der Waals surface area contributed by atoms with Gasteiger partial charge in [-0.3, -0.25) is 9.59 Å². The number of hydrogen-bond acceptors (Lipinski definition) is 2. The third kappa shape index (κ3) is 4.14. The maximum atomic E-state index is 14.0. The molecule has 1 heterocycles. The van der Waals surface area contributed by atoms with Crippen molar-refractivity contribution in [3.63, 3.8) is 0 Å². The topological polar surface area (TPSA) is 40.6 Å². The Hall–Kier alpha value is -2.95. The van der Waals surface area contributed by atoms with E-state index in [0.29, 0.717) is 12.0 Å². The number of rotatable bonds is 6. The number of halogens is 1. The third-order valence-electron chi connectivity index (χ3n) is 5.27. The lowest BCUT2D eigenvalue weighted by atomic mass is 10.1. The summed E-state index contributed by atoms with van der Waals surface area (Å²) in [5.41, 5.74) is 2.33. The zero-order valence-electron chi connectivity index (χ0n) is 15.7. The number of nitrogens with zero attached hydrogens (tertiary/aromatic N) is 2. The largest absolute Gasteiger partial charge is 0.332 e. The van der Waals surface area contributed by atoms with E-state index in [4.69, 9.17) is 0 Å². The third-order valence-corrected chi connectivity index (χ3v) is 5.27. The maximum absolute atomic E-state index is 14.0. The van der Waals surface area contributed by atoms with Gasteiger partial charge in [0.2, 0.25) is 11.8 Å². The van der Waals surface area contributed by atoms with E-state index in [0.717, 1.165) is 37.1 Å². The predicted octanol–water partition coefficient (Wildman–Crippen LogP) is 4.16. The molecule has 0 unspecified atom stereocenters. The second-order valence-electron chi connectivity index (χ2n) is 7.36. The highest BCUT2D eigenvalue weighted by molar-refractivity contribution is 5.95. The summed E-state index contributed by atoms with van der Waals surface area (Å²) in [5, 5.41) is 0. The summed E-state index contributed by atoms with van der Waals surface area (Å²) in [6, 6.07) is 14.4. The first-order chi connectivity index (χ1) is 13.6. The van der Waals surface area contributed by atoms with Crippen LogP contribution in [-0.4, -0.2) is 29.3 Å². The molecule has 2 aliphatic rings. The van der Waals surface area contributed by atoms with Crippen molar-refractivity contribution in [2.45, 2.75) is 38.3 Å². The number of benzene rings is 2. The van der Waals surface area contributed by atoms with Crippen molar-refractivity contribution in [1.82, 2.24) is 4.90 Å². The van der Waals surface area contributed by atoms with Crippen molar-refractivity contribution in [1.29, 1.82) is 0 Å². The van der Waals surface area contributed by atoms with E-state index in [2.05, 4.69) is 0 Å². The monoisotopic (exact) mass is 378 g/mol. The van der Waals surface area contributed by atoms with Crippen LogP contribution in [0.15, 0.2) is 54.6 Å². The second-order valence-corrected chi connectivity index (χ2v) is 7.36. The molecule has 0 aromatic heterocycles. The molecule has 28 heavy (non-hydrogen) atoms. The summed E-state index contributed by atoms with van der Waals surface area (Å²) in [4.78, 5) is 28.1. The Bertz CT molecular complexity index is 903. The Morgan fingerprint density at radius 2 is 1.89 bits per heavy atom. The minimum absolute atomic E-state index is 0.107. The van der Waals surface area contributed by atoms with Gasteiger partial charge in [0.15, 0.2) is 0 Å². The molecule has 1 aliphatic carbocycles. The quantitative estimate of drug-likeness (QED) is 0.709. The van der Waals surface area contributed by atoms with Crippen molar-refractivity contribution in [3.8, 4) is 0 Å². The van der Waals surface area contributed by atoms with Crippen LogP contribution < -0.4 is 4.90 Å². The first kappa shape index (κ1) is 18.4. The van der Waals surface area contributed by atoms with Gasteiger partial charge in [-0.2, -0.15) is 0 Å². The average molecular weight is 378 g/mol. The molecule has 1 aliphatic heterocycles. The minimum atomic E-state index is -0.281. The molecule has 0 N–H and O–H groups in total. The summed E-state index contributed by atoms with van der Waals surface area (Å²) >= 11 is 0. The first-order valence-corrected chi connectivity index (χ1v) is 9.74. The number of amides is 2. The minimum Gasteiger partial charge on any atom is -0.332 e. The Kier molecular flexibility index (Phi) is 5.24. The van der Waals surface area contributed by atoms with Gasteiger partial charge in [0, 0.05) is 42.9 Å². The number of anilines is 1. The van der Waals surface area contributed by atoms with Gasteiger partial charge in [-0.05, 0) is 49.1 Å². The fourth-order valence-corrected chi connectivity index (χ4v) is 3.53. The van der Waals surface area contributed by atoms with E-state index in [9.17, 15) is 14.0 Å². The molecular weight excluding hydrogens is 355 g/mol. The van der Waals surface area contributed by atoms with Gasteiger partial charge in [-0.1, -0.05) is 30.3 Å². The van der Waals surface area contributed by atoms with E-state index >= 15 is 0 Å². The molecule has 2 fully saturated rings. The van der Waals surface area contributed by atoms with Crippen molar-refractivity contribution in [2.75, 3.05) is 11.4 Å². The van der Waals surface area contributed by atoms with E-state index in [1.54, 1.807) is 40.2 Å². The van der Waals surface area contributed by atoms with Crippen LogP contribution in [0, 0.1) is 5.82 Å². The molecule has 2 aromatic rings. The lowest BCUT2D eigenvalue weighted by Gasteiger charge is -2.21. The molecule has 2 aromatic carbocycles. The Labute approximate surface area is 164 Å². The molecule has 1 saturated heterocycles. The van der Waals surface area contributed by atoms with Gasteiger partial charge in [-0.25, -0.2) is 4.39 Å². The smallest absolute Gasteiger partial charge is 0.247 e. The van der Waals surface area contributed by atoms with E-state index < -0.39 is 0 Å². The Morgan fingerprint density at radius 1 is 1.14 bits per heavy atom. The molecule has 0 bridgehead atoms. The van der Waals surface area contributed by atoms with Crippen LogP contribution in [0.2, 0.25) is 0 Å². The number of hydrogen-bond donors (Lipinski definition) is 0. The summed E-state index contributed by atoms with van der Waals surface area (Å²) in [7, 11) is 0. The average Bonchev–Trinajstić information content (AvgIpc) is 3.46.